The molecule has 1 N–H and O–H groups in total. The maximum Gasteiger partial charge on any atom is 0.346 e. The number of hydrogen-bond donors (Lipinski definition) is 1. The quantitative estimate of drug-likeness (QED) is 0.672. The van der Waals surface area contributed by atoms with Crippen molar-refractivity contribution in [1.82, 2.24) is 10.3 Å². The lowest BCUT2D eigenvalue weighted by Crippen LogP contribution is -2.42. The lowest BCUT2D eigenvalue weighted by Gasteiger charge is -2.17. The van der Waals surface area contributed by atoms with Gasteiger partial charge in [-0.1, -0.05) is 6.92 Å². The van der Waals surface area contributed by atoms with Gasteiger partial charge < -0.3 is 10.1 Å². The molecule has 0 radical (unpaired) electrons. The number of ether oxygens (including phenoxy) is 1. The summed E-state index contributed by atoms with van der Waals surface area (Å²) in [5, 5.41) is 7.47. The predicted molar refractivity (Wildman–Crippen MR) is 74.7 cm³/mol. The summed E-state index contributed by atoms with van der Waals surface area (Å²) in [6, 6.07) is 6.65. The highest BCUT2D eigenvalue weighted by atomic mass is 16.5. The third kappa shape index (κ3) is 2.49. The third-order valence-electron chi connectivity index (χ3n) is 3.38. The Morgan fingerprint density at radius 3 is 2.50 bits per heavy atom. The maximum atomic E-state index is 12.1. The number of imide groups is 1. The van der Waals surface area contributed by atoms with E-state index in [1.54, 1.807) is 38.3 Å². The van der Waals surface area contributed by atoms with Gasteiger partial charge >= 0.3 is 6.03 Å². The third-order valence-corrected chi connectivity index (χ3v) is 3.38. The standard InChI is InChI=1S/C14H17N3O3/c1-4-14(2)12(18)17(13(19)16-14)15-9-10-5-7-11(20-3)8-6-10/h5-9H,4H2,1-3H3,(H,16,19)/b15-9-/t14-/m1/s1. The van der Waals surface area contributed by atoms with E-state index in [9.17, 15) is 9.59 Å². The predicted octanol–water partition coefficient (Wildman–Crippen LogP) is 1.75. The molecule has 1 fully saturated rings. The molecule has 1 aliphatic heterocycles. The van der Waals surface area contributed by atoms with Crippen LogP contribution in [0, 0.1) is 0 Å². The van der Waals surface area contributed by atoms with E-state index in [0.29, 0.717) is 6.42 Å². The second-order valence-electron chi connectivity index (χ2n) is 4.75. The molecular weight excluding hydrogens is 258 g/mol. The SMILES string of the molecule is CC[C@@]1(C)NC(=O)N(/N=C\c2ccc(OC)cc2)C1=O. The van der Waals surface area contributed by atoms with Crippen LogP contribution >= 0.6 is 0 Å². The highest BCUT2D eigenvalue weighted by molar-refractivity contribution is 6.07. The number of benzene rings is 1. The number of methoxy groups -OCH3 is 1. The van der Waals surface area contributed by atoms with Gasteiger partial charge in [-0.25, -0.2) is 4.79 Å². The fraction of sp³-hybridized carbons (Fsp3) is 0.357. The van der Waals surface area contributed by atoms with Crippen LogP contribution in [0.15, 0.2) is 29.4 Å². The van der Waals surface area contributed by atoms with Crippen molar-refractivity contribution >= 4 is 18.2 Å². The zero-order valence-corrected chi connectivity index (χ0v) is 11.7. The van der Waals surface area contributed by atoms with E-state index in [2.05, 4.69) is 10.4 Å². The van der Waals surface area contributed by atoms with Crippen LogP contribution in [-0.2, 0) is 4.79 Å². The molecule has 1 aromatic rings. The number of amides is 3. The molecule has 20 heavy (non-hydrogen) atoms. The molecule has 0 unspecified atom stereocenters. The molecule has 6 heteroatoms. The van der Waals surface area contributed by atoms with Crippen LogP contribution in [0.25, 0.3) is 0 Å². The van der Waals surface area contributed by atoms with Gasteiger partial charge in [0.05, 0.1) is 13.3 Å². The van der Waals surface area contributed by atoms with Crippen molar-refractivity contribution < 1.29 is 14.3 Å². The monoisotopic (exact) mass is 275 g/mol. The van der Waals surface area contributed by atoms with Crippen LogP contribution in [0.5, 0.6) is 5.75 Å². The van der Waals surface area contributed by atoms with Gasteiger partial charge in [0.2, 0.25) is 0 Å². The summed E-state index contributed by atoms with van der Waals surface area (Å²) < 4.78 is 5.05. The first-order valence-electron chi connectivity index (χ1n) is 6.35. The minimum absolute atomic E-state index is 0.338. The smallest absolute Gasteiger partial charge is 0.346 e. The fourth-order valence-corrected chi connectivity index (χ4v) is 1.83. The van der Waals surface area contributed by atoms with E-state index in [0.717, 1.165) is 16.3 Å². The van der Waals surface area contributed by atoms with Crippen LogP contribution in [-0.4, -0.2) is 35.8 Å². The Kier molecular flexibility index (Phi) is 3.74. The summed E-state index contributed by atoms with van der Waals surface area (Å²) in [5.74, 6) is 0.394. The fourth-order valence-electron chi connectivity index (χ4n) is 1.83. The second-order valence-corrected chi connectivity index (χ2v) is 4.75. The average Bonchev–Trinajstić information content (AvgIpc) is 2.68. The van der Waals surface area contributed by atoms with Crippen molar-refractivity contribution in [3.63, 3.8) is 0 Å². The Bertz CT molecular complexity index is 553. The molecule has 1 atom stereocenters. The lowest BCUT2D eigenvalue weighted by atomic mass is 10.00. The van der Waals surface area contributed by atoms with Gasteiger partial charge in [-0.15, -0.1) is 5.01 Å². The molecule has 0 aliphatic carbocycles. The molecule has 6 nitrogen and oxygen atoms in total. The summed E-state index contributed by atoms with van der Waals surface area (Å²) in [6.45, 7) is 3.53. The van der Waals surface area contributed by atoms with Crippen molar-refractivity contribution in [3.05, 3.63) is 29.8 Å². The highest BCUT2D eigenvalue weighted by Gasteiger charge is 2.46. The second kappa shape index (κ2) is 5.32. The van der Waals surface area contributed by atoms with Gasteiger partial charge in [0.15, 0.2) is 0 Å². The van der Waals surface area contributed by atoms with Crippen LogP contribution in [0.3, 0.4) is 0 Å². The van der Waals surface area contributed by atoms with Crippen molar-refractivity contribution in [2.24, 2.45) is 5.10 Å². The molecule has 0 spiro atoms. The van der Waals surface area contributed by atoms with Crippen LogP contribution in [0.1, 0.15) is 25.8 Å². The first-order chi connectivity index (χ1) is 9.50. The number of urea groups is 1. The summed E-state index contributed by atoms with van der Waals surface area (Å²) >= 11 is 0. The molecule has 1 aliphatic rings. The van der Waals surface area contributed by atoms with Crippen LogP contribution < -0.4 is 10.1 Å². The summed E-state index contributed by atoms with van der Waals surface area (Å²) in [4.78, 5) is 23.8. The first-order valence-corrected chi connectivity index (χ1v) is 6.35. The molecule has 1 heterocycles. The van der Waals surface area contributed by atoms with Gasteiger partial charge in [-0.05, 0) is 43.2 Å². The Morgan fingerprint density at radius 2 is 2.00 bits per heavy atom. The summed E-state index contributed by atoms with van der Waals surface area (Å²) in [6.07, 6.45) is 1.99. The van der Waals surface area contributed by atoms with Crippen molar-refractivity contribution in [2.75, 3.05) is 7.11 Å². The molecule has 2 rings (SSSR count). The highest BCUT2D eigenvalue weighted by Crippen LogP contribution is 2.21. The number of nitrogens with zero attached hydrogens (tertiary/aromatic N) is 2. The van der Waals surface area contributed by atoms with Gasteiger partial charge in [0.25, 0.3) is 5.91 Å². The minimum Gasteiger partial charge on any atom is -0.497 e. The summed E-state index contributed by atoms with van der Waals surface area (Å²) in [5.41, 5.74) is -0.0922. The minimum atomic E-state index is -0.867. The Balaban J connectivity index is 2.14. The largest absolute Gasteiger partial charge is 0.497 e. The zero-order valence-electron chi connectivity index (χ0n) is 11.7. The van der Waals surface area contributed by atoms with E-state index in [1.165, 1.54) is 6.21 Å². The summed E-state index contributed by atoms with van der Waals surface area (Å²) in [7, 11) is 1.59. The van der Waals surface area contributed by atoms with E-state index >= 15 is 0 Å². The molecule has 0 bridgehead atoms. The molecular formula is C14H17N3O3. The topological polar surface area (TPSA) is 71.0 Å². The zero-order chi connectivity index (χ0) is 14.8. The average molecular weight is 275 g/mol. The number of carbonyl (C=O) groups excluding carboxylic acids is 2. The lowest BCUT2D eigenvalue weighted by molar-refractivity contribution is -0.130. The van der Waals surface area contributed by atoms with E-state index in [1.807, 2.05) is 6.92 Å². The Labute approximate surface area is 117 Å². The molecule has 1 saturated heterocycles. The van der Waals surface area contributed by atoms with E-state index in [-0.39, 0.29) is 5.91 Å². The first kappa shape index (κ1) is 14.0. The van der Waals surface area contributed by atoms with Crippen molar-refractivity contribution in [2.45, 2.75) is 25.8 Å². The van der Waals surface area contributed by atoms with Crippen molar-refractivity contribution in [3.8, 4) is 5.75 Å². The number of hydrogen-bond acceptors (Lipinski definition) is 4. The van der Waals surface area contributed by atoms with E-state index in [4.69, 9.17) is 4.74 Å². The molecule has 0 aromatic heterocycles. The normalized spacial score (nSPS) is 22.4. The van der Waals surface area contributed by atoms with Gasteiger partial charge in [0, 0.05) is 0 Å². The number of nitrogens with one attached hydrogen (secondary N) is 1. The number of rotatable bonds is 4. The molecule has 1 aromatic carbocycles. The van der Waals surface area contributed by atoms with Crippen molar-refractivity contribution in [1.29, 1.82) is 0 Å². The Morgan fingerprint density at radius 1 is 1.35 bits per heavy atom. The van der Waals surface area contributed by atoms with Crippen LogP contribution in [0.4, 0.5) is 4.79 Å². The van der Waals surface area contributed by atoms with Gasteiger partial charge in [0.1, 0.15) is 11.3 Å². The van der Waals surface area contributed by atoms with Crippen LogP contribution in [0.2, 0.25) is 0 Å². The molecule has 106 valence electrons. The van der Waals surface area contributed by atoms with E-state index < -0.39 is 11.6 Å². The Hall–Kier alpha value is -2.37. The number of carbonyl (C=O) groups is 2. The molecule has 0 saturated carbocycles. The maximum absolute atomic E-state index is 12.1. The van der Waals surface area contributed by atoms with Gasteiger partial charge in [-0.2, -0.15) is 5.10 Å². The van der Waals surface area contributed by atoms with Gasteiger partial charge in [-0.3, -0.25) is 4.79 Å². The molecule has 3 amide bonds. The number of hydrazone groups is 1.